The molecule has 2 aromatic carbocycles. The molecule has 2 aromatic rings. The molecule has 0 aliphatic carbocycles. The Bertz CT molecular complexity index is 845. The number of piperazine rings is 1. The summed E-state index contributed by atoms with van der Waals surface area (Å²) < 4.78 is 11.4. The summed E-state index contributed by atoms with van der Waals surface area (Å²) in [6.07, 6.45) is 1.66. The van der Waals surface area contributed by atoms with Gasteiger partial charge in [0.15, 0.2) is 0 Å². The van der Waals surface area contributed by atoms with Gasteiger partial charge in [-0.25, -0.2) is 0 Å². The maximum absolute atomic E-state index is 12.6. The van der Waals surface area contributed by atoms with Crippen molar-refractivity contribution in [2.75, 3.05) is 49.7 Å². The van der Waals surface area contributed by atoms with Crippen LogP contribution < -0.4 is 10.2 Å². The first-order chi connectivity index (χ1) is 12.9. The van der Waals surface area contributed by atoms with Gasteiger partial charge in [0.1, 0.15) is 0 Å². The molecule has 1 atom stereocenters. The van der Waals surface area contributed by atoms with E-state index in [1.807, 2.05) is 31.2 Å². The number of hydrogen-bond acceptors (Lipinski definition) is 4. The van der Waals surface area contributed by atoms with E-state index in [1.165, 1.54) is 5.69 Å². The highest BCUT2D eigenvalue weighted by Gasteiger charge is 2.15. The Balaban J connectivity index is 1.70. The summed E-state index contributed by atoms with van der Waals surface area (Å²) in [4.78, 5) is 17.3. The van der Waals surface area contributed by atoms with Crippen molar-refractivity contribution >= 4 is 28.1 Å². The molecule has 1 aliphatic heterocycles. The molecular formula is C21H27N3O2S. The number of carbonyl (C=O) groups is 1. The van der Waals surface area contributed by atoms with Crippen molar-refractivity contribution in [1.29, 1.82) is 0 Å². The molecule has 1 heterocycles. The normalized spacial score (nSPS) is 16.2. The predicted octanol–water partition coefficient (Wildman–Crippen LogP) is 2.88. The zero-order valence-corrected chi connectivity index (χ0v) is 17.0. The van der Waals surface area contributed by atoms with Gasteiger partial charge in [-0.1, -0.05) is 12.1 Å². The third-order valence-electron chi connectivity index (χ3n) is 4.89. The summed E-state index contributed by atoms with van der Waals surface area (Å²) in [7, 11) is 1.22. The summed E-state index contributed by atoms with van der Waals surface area (Å²) in [5.41, 5.74) is 4.56. The minimum atomic E-state index is -0.927. The van der Waals surface area contributed by atoms with Gasteiger partial charge in [-0.3, -0.25) is 9.00 Å². The van der Waals surface area contributed by atoms with E-state index in [0.717, 1.165) is 43.0 Å². The van der Waals surface area contributed by atoms with Gasteiger partial charge in [-0.05, 0) is 55.4 Å². The summed E-state index contributed by atoms with van der Waals surface area (Å²) in [5.74, 6) is 0.314. The van der Waals surface area contributed by atoms with Crippen molar-refractivity contribution < 1.29 is 9.00 Å². The first-order valence-corrected chi connectivity index (χ1v) is 10.9. The molecule has 1 unspecified atom stereocenters. The van der Waals surface area contributed by atoms with E-state index in [0.29, 0.717) is 11.3 Å². The molecular weight excluding hydrogens is 358 g/mol. The van der Waals surface area contributed by atoms with E-state index in [2.05, 4.69) is 34.3 Å². The van der Waals surface area contributed by atoms with Crippen LogP contribution >= 0.6 is 0 Å². The lowest BCUT2D eigenvalue weighted by molar-refractivity contribution is 0.102. The summed E-state index contributed by atoms with van der Waals surface area (Å²) >= 11 is 0. The Kier molecular flexibility index (Phi) is 6.29. The smallest absolute Gasteiger partial charge is 0.255 e. The zero-order chi connectivity index (χ0) is 19.4. The van der Waals surface area contributed by atoms with E-state index in [1.54, 1.807) is 12.3 Å². The van der Waals surface area contributed by atoms with E-state index >= 15 is 0 Å². The molecule has 1 amide bonds. The standard InChI is InChI=1S/C21H27N3O2S/c1-16-13-19(24-11-9-23(2)10-12-24)7-8-20(16)22-21(25)18-6-4-5-17(14-18)15-27(3)26/h4-8,13-14H,9-12,15H2,1-3H3,(H,22,25). The molecule has 27 heavy (non-hydrogen) atoms. The second kappa shape index (κ2) is 8.67. The maximum atomic E-state index is 12.6. The van der Waals surface area contributed by atoms with Crippen molar-refractivity contribution in [3.8, 4) is 0 Å². The van der Waals surface area contributed by atoms with Crippen molar-refractivity contribution in [2.24, 2.45) is 0 Å². The Morgan fingerprint density at radius 1 is 1.11 bits per heavy atom. The number of aryl methyl sites for hydroxylation is 1. The third-order valence-corrected chi connectivity index (χ3v) is 5.63. The van der Waals surface area contributed by atoms with Crippen molar-refractivity contribution in [1.82, 2.24) is 4.90 Å². The number of nitrogens with zero attached hydrogens (tertiary/aromatic N) is 2. The summed E-state index contributed by atoms with van der Waals surface area (Å²) in [6, 6.07) is 13.5. The lowest BCUT2D eigenvalue weighted by atomic mass is 10.1. The second-order valence-electron chi connectivity index (χ2n) is 7.16. The summed E-state index contributed by atoms with van der Waals surface area (Å²) in [5, 5.41) is 3.00. The van der Waals surface area contributed by atoms with Crippen LogP contribution in [-0.2, 0) is 16.6 Å². The van der Waals surface area contributed by atoms with Crippen molar-refractivity contribution in [2.45, 2.75) is 12.7 Å². The predicted molar refractivity (Wildman–Crippen MR) is 113 cm³/mol. The molecule has 0 saturated carbocycles. The van der Waals surface area contributed by atoms with Crippen LogP contribution in [0, 0.1) is 6.92 Å². The molecule has 3 rings (SSSR count). The van der Waals surface area contributed by atoms with Gasteiger partial charge in [0.25, 0.3) is 5.91 Å². The lowest BCUT2D eigenvalue weighted by Crippen LogP contribution is -2.44. The van der Waals surface area contributed by atoms with Crippen molar-refractivity contribution in [3.05, 3.63) is 59.2 Å². The molecule has 0 radical (unpaired) electrons. The van der Waals surface area contributed by atoms with E-state index in [4.69, 9.17) is 0 Å². The van der Waals surface area contributed by atoms with E-state index < -0.39 is 10.8 Å². The quantitative estimate of drug-likeness (QED) is 0.860. The zero-order valence-electron chi connectivity index (χ0n) is 16.2. The van der Waals surface area contributed by atoms with Crippen LogP contribution in [0.2, 0.25) is 0 Å². The van der Waals surface area contributed by atoms with Crippen LogP contribution in [0.5, 0.6) is 0 Å². The SMILES string of the molecule is Cc1cc(N2CCN(C)CC2)ccc1NC(=O)c1cccc(CS(C)=O)c1. The Hall–Kier alpha value is -2.18. The number of benzene rings is 2. The molecule has 144 valence electrons. The van der Waals surface area contributed by atoms with Crippen LogP contribution in [0.1, 0.15) is 21.5 Å². The van der Waals surface area contributed by atoms with Gasteiger partial charge in [0.05, 0.1) is 0 Å². The first kappa shape index (κ1) is 19.6. The molecule has 1 aliphatic rings. The molecule has 6 heteroatoms. The summed E-state index contributed by atoms with van der Waals surface area (Å²) in [6.45, 7) is 6.19. The van der Waals surface area contributed by atoms with Gasteiger partial charge < -0.3 is 15.1 Å². The van der Waals surface area contributed by atoms with Crippen LogP contribution in [0.3, 0.4) is 0 Å². The highest BCUT2D eigenvalue weighted by atomic mass is 32.2. The van der Waals surface area contributed by atoms with Gasteiger partial charge in [-0.2, -0.15) is 0 Å². The van der Waals surface area contributed by atoms with Crippen LogP contribution in [0.15, 0.2) is 42.5 Å². The maximum Gasteiger partial charge on any atom is 0.255 e. The van der Waals surface area contributed by atoms with Crippen LogP contribution in [0.25, 0.3) is 0 Å². The minimum absolute atomic E-state index is 0.144. The molecule has 0 aromatic heterocycles. The molecule has 0 spiro atoms. The number of anilines is 2. The topological polar surface area (TPSA) is 52.6 Å². The van der Waals surface area contributed by atoms with Crippen LogP contribution in [-0.4, -0.2) is 54.5 Å². The third kappa shape index (κ3) is 5.17. The molecule has 0 bridgehead atoms. The number of nitrogens with one attached hydrogen (secondary N) is 1. The number of rotatable bonds is 5. The second-order valence-corrected chi connectivity index (χ2v) is 8.60. The number of carbonyl (C=O) groups excluding carboxylic acids is 1. The Morgan fingerprint density at radius 2 is 1.85 bits per heavy atom. The molecule has 5 nitrogen and oxygen atoms in total. The molecule has 1 N–H and O–H groups in total. The fraction of sp³-hybridized carbons (Fsp3) is 0.381. The van der Waals surface area contributed by atoms with Gasteiger partial charge in [-0.15, -0.1) is 0 Å². The Labute approximate surface area is 163 Å². The first-order valence-electron chi connectivity index (χ1n) is 9.17. The van der Waals surface area contributed by atoms with Gasteiger partial charge in [0, 0.05) is 65.9 Å². The fourth-order valence-corrected chi connectivity index (χ4v) is 3.93. The number of amides is 1. The van der Waals surface area contributed by atoms with Gasteiger partial charge >= 0.3 is 0 Å². The highest BCUT2D eigenvalue weighted by Crippen LogP contribution is 2.24. The van der Waals surface area contributed by atoms with Gasteiger partial charge in [0.2, 0.25) is 0 Å². The minimum Gasteiger partial charge on any atom is -0.369 e. The Morgan fingerprint density at radius 3 is 2.52 bits per heavy atom. The van der Waals surface area contributed by atoms with Crippen molar-refractivity contribution in [3.63, 3.8) is 0 Å². The molecule has 1 fully saturated rings. The van der Waals surface area contributed by atoms with Crippen LogP contribution in [0.4, 0.5) is 11.4 Å². The lowest BCUT2D eigenvalue weighted by Gasteiger charge is -2.34. The highest BCUT2D eigenvalue weighted by molar-refractivity contribution is 7.83. The molecule has 1 saturated heterocycles. The number of hydrogen-bond donors (Lipinski definition) is 1. The monoisotopic (exact) mass is 385 g/mol. The average molecular weight is 386 g/mol. The largest absolute Gasteiger partial charge is 0.369 e. The van der Waals surface area contributed by atoms with E-state index in [-0.39, 0.29) is 5.91 Å². The van der Waals surface area contributed by atoms with E-state index in [9.17, 15) is 9.00 Å². The fourth-order valence-electron chi connectivity index (χ4n) is 3.28. The number of likely N-dealkylation sites (N-methyl/N-ethyl adjacent to an activating group) is 1. The average Bonchev–Trinajstić information content (AvgIpc) is 2.63.